The summed E-state index contributed by atoms with van der Waals surface area (Å²) in [7, 11) is 3.23. The van der Waals surface area contributed by atoms with Gasteiger partial charge in [-0.1, -0.05) is 25.1 Å². The van der Waals surface area contributed by atoms with E-state index in [1.54, 1.807) is 14.2 Å². The van der Waals surface area contributed by atoms with Gasteiger partial charge in [0.05, 0.1) is 19.8 Å². The standard InChI is InChI=1S/C16H20N2O3/c1-16(2)8-10(16)14-13(15(17)18-21-14)9-5-6-11(19-3)12(7-9)20-4/h5-7,10H,8H2,1-4H3,(H2,17,18). The van der Waals surface area contributed by atoms with Crippen LogP contribution in [0.3, 0.4) is 0 Å². The Hall–Kier alpha value is -2.17. The Bertz CT molecular complexity index is 676. The van der Waals surface area contributed by atoms with Crippen LogP contribution in [0.4, 0.5) is 5.82 Å². The molecule has 1 aliphatic carbocycles. The number of hydrogen-bond donors (Lipinski definition) is 1. The average Bonchev–Trinajstić information content (AvgIpc) is 2.92. The average molecular weight is 288 g/mol. The number of methoxy groups -OCH3 is 2. The van der Waals surface area contributed by atoms with Crippen molar-refractivity contribution in [1.82, 2.24) is 5.16 Å². The molecule has 0 saturated heterocycles. The largest absolute Gasteiger partial charge is 0.493 e. The third-order valence-corrected chi connectivity index (χ3v) is 4.25. The molecule has 1 unspecified atom stereocenters. The van der Waals surface area contributed by atoms with E-state index in [1.807, 2.05) is 18.2 Å². The lowest BCUT2D eigenvalue weighted by Gasteiger charge is -2.10. The van der Waals surface area contributed by atoms with Gasteiger partial charge >= 0.3 is 0 Å². The van der Waals surface area contributed by atoms with E-state index >= 15 is 0 Å². The molecule has 5 heteroatoms. The summed E-state index contributed by atoms with van der Waals surface area (Å²) in [5.74, 6) is 3.00. The molecule has 0 radical (unpaired) electrons. The minimum atomic E-state index is 0.247. The number of rotatable bonds is 4. The molecule has 5 nitrogen and oxygen atoms in total. The van der Waals surface area contributed by atoms with Gasteiger partial charge < -0.3 is 19.7 Å². The molecular weight excluding hydrogens is 268 g/mol. The summed E-state index contributed by atoms with van der Waals surface area (Å²) >= 11 is 0. The normalized spacial score (nSPS) is 19.3. The summed E-state index contributed by atoms with van der Waals surface area (Å²) < 4.78 is 16.1. The first-order chi connectivity index (χ1) is 9.97. The maximum atomic E-state index is 6.01. The summed E-state index contributed by atoms with van der Waals surface area (Å²) in [6.45, 7) is 4.43. The van der Waals surface area contributed by atoms with Gasteiger partial charge in [-0.05, 0) is 29.5 Å². The van der Waals surface area contributed by atoms with Crippen LogP contribution in [-0.4, -0.2) is 19.4 Å². The van der Waals surface area contributed by atoms with Crippen molar-refractivity contribution < 1.29 is 14.0 Å². The Kier molecular flexibility index (Phi) is 3.08. The van der Waals surface area contributed by atoms with Crippen LogP contribution >= 0.6 is 0 Å². The minimum Gasteiger partial charge on any atom is -0.493 e. The zero-order chi connectivity index (χ0) is 15.2. The summed E-state index contributed by atoms with van der Waals surface area (Å²) in [6, 6.07) is 5.71. The number of anilines is 1. The quantitative estimate of drug-likeness (QED) is 0.933. The van der Waals surface area contributed by atoms with Crippen LogP contribution in [0.15, 0.2) is 22.7 Å². The minimum absolute atomic E-state index is 0.247. The lowest BCUT2D eigenvalue weighted by atomic mass is 10.00. The molecule has 0 aliphatic heterocycles. The molecule has 1 saturated carbocycles. The molecule has 21 heavy (non-hydrogen) atoms. The van der Waals surface area contributed by atoms with Crippen LogP contribution in [0, 0.1) is 5.41 Å². The summed E-state index contributed by atoms with van der Waals surface area (Å²) in [4.78, 5) is 0. The fourth-order valence-corrected chi connectivity index (χ4v) is 2.75. The maximum Gasteiger partial charge on any atom is 0.175 e. The topological polar surface area (TPSA) is 70.5 Å². The van der Waals surface area contributed by atoms with Crippen LogP contribution in [0.2, 0.25) is 0 Å². The summed E-state index contributed by atoms with van der Waals surface area (Å²) in [5.41, 5.74) is 8.06. The third kappa shape index (κ3) is 2.22. The van der Waals surface area contributed by atoms with E-state index in [9.17, 15) is 0 Å². The van der Waals surface area contributed by atoms with Gasteiger partial charge in [-0.3, -0.25) is 0 Å². The molecule has 1 aromatic heterocycles. The van der Waals surface area contributed by atoms with Crippen molar-refractivity contribution in [2.45, 2.75) is 26.2 Å². The maximum absolute atomic E-state index is 6.01. The molecule has 2 aromatic rings. The highest BCUT2D eigenvalue weighted by Crippen LogP contribution is 2.60. The Morgan fingerprint density at radius 2 is 1.90 bits per heavy atom. The first kappa shape index (κ1) is 13.8. The van der Waals surface area contributed by atoms with Crippen molar-refractivity contribution >= 4 is 5.82 Å². The Morgan fingerprint density at radius 3 is 2.48 bits per heavy atom. The second-order valence-corrected chi connectivity index (χ2v) is 6.12. The third-order valence-electron chi connectivity index (χ3n) is 4.25. The predicted octanol–water partition coefficient (Wildman–Crippen LogP) is 3.45. The van der Waals surface area contributed by atoms with Gasteiger partial charge in [-0.15, -0.1) is 0 Å². The molecule has 1 fully saturated rings. The van der Waals surface area contributed by atoms with Crippen LogP contribution in [0.25, 0.3) is 11.1 Å². The number of ether oxygens (including phenoxy) is 2. The zero-order valence-electron chi connectivity index (χ0n) is 12.8. The molecular formula is C16H20N2O3. The first-order valence-electron chi connectivity index (χ1n) is 6.95. The number of benzene rings is 1. The van der Waals surface area contributed by atoms with Gasteiger partial charge in [-0.25, -0.2) is 0 Å². The molecule has 0 bridgehead atoms. The monoisotopic (exact) mass is 288 g/mol. The van der Waals surface area contributed by atoms with Crippen LogP contribution < -0.4 is 15.2 Å². The second kappa shape index (κ2) is 4.69. The van der Waals surface area contributed by atoms with Crippen LogP contribution in [-0.2, 0) is 0 Å². The fraction of sp³-hybridized carbons (Fsp3) is 0.438. The van der Waals surface area contributed by atoms with Gasteiger partial charge in [0.15, 0.2) is 17.3 Å². The van der Waals surface area contributed by atoms with Crippen LogP contribution in [0.1, 0.15) is 31.9 Å². The lowest BCUT2D eigenvalue weighted by Crippen LogP contribution is -1.95. The molecule has 0 spiro atoms. The molecule has 2 N–H and O–H groups in total. The van der Waals surface area contributed by atoms with E-state index in [1.165, 1.54) is 0 Å². The van der Waals surface area contributed by atoms with E-state index in [2.05, 4.69) is 19.0 Å². The fourth-order valence-electron chi connectivity index (χ4n) is 2.75. The molecule has 1 aromatic carbocycles. The van der Waals surface area contributed by atoms with E-state index in [0.717, 1.165) is 23.3 Å². The van der Waals surface area contributed by atoms with Gasteiger partial charge in [0.25, 0.3) is 0 Å². The van der Waals surface area contributed by atoms with Crippen molar-refractivity contribution in [3.8, 4) is 22.6 Å². The number of nitrogens with zero attached hydrogens (tertiary/aromatic N) is 1. The molecule has 1 aliphatic rings. The highest BCUT2D eigenvalue weighted by Gasteiger charge is 2.50. The van der Waals surface area contributed by atoms with Crippen LogP contribution in [0.5, 0.6) is 11.5 Å². The van der Waals surface area contributed by atoms with Gasteiger partial charge in [0.1, 0.15) is 5.76 Å². The van der Waals surface area contributed by atoms with E-state index < -0.39 is 0 Å². The molecule has 0 amide bonds. The van der Waals surface area contributed by atoms with Crippen molar-refractivity contribution in [3.05, 3.63) is 24.0 Å². The number of nitrogens with two attached hydrogens (primary N) is 1. The van der Waals surface area contributed by atoms with Gasteiger partial charge in [0.2, 0.25) is 0 Å². The first-order valence-corrected chi connectivity index (χ1v) is 6.95. The van der Waals surface area contributed by atoms with Crippen molar-refractivity contribution in [2.75, 3.05) is 20.0 Å². The van der Waals surface area contributed by atoms with Crippen molar-refractivity contribution in [3.63, 3.8) is 0 Å². The number of nitrogen functional groups attached to an aromatic ring is 1. The Morgan fingerprint density at radius 1 is 1.24 bits per heavy atom. The molecule has 112 valence electrons. The van der Waals surface area contributed by atoms with Crippen molar-refractivity contribution in [2.24, 2.45) is 5.41 Å². The van der Waals surface area contributed by atoms with E-state index in [0.29, 0.717) is 23.2 Å². The summed E-state index contributed by atoms with van der Waals surface area (Å²) in [6.07, 6.45) is 1.09. The number of aromatic nitrogens is 1. The Balaban J connectivity index is 2.07. The van der Waals surface area contributed by atoms with Gasteiger partial charge in [-0.2, -0.15) is 0 Å². The second-order valence-electron chi connectivity index (χ2n) is 6.12. The van der Waals surface area contributed by atoms with E-state index in [-0.39, 0.29) is 5.41 Å². The number of hydrogen-bond acceptors (Lipinski definition) is 5. The molecule has 1 atom stereocenters. The lowest BCUT2D eigenvalue weighted by molar-refractivity contribution is 0.355. The summed E-state index contributed by atoms with van der Waals surface area (Å²) in [5, 5.41) is 3.95. The zero-order valence-corrected chi connectivity index (χ0v) is 12.8. The highest BCUT2D eigenvalue weighted by atomic mass is 16.5. The highest BCUT2D eigenvalue weighted by molar-refractivity contribution is 5.78. The smallest absolute Gasteiger partial charge is 0.175 e. The predicted molar refractivity (Wildman–Crippen MR) is 80.6 cm³/mol. The SMILES string of the molecule is COc1ccc(-c2c(N)noc2C2CC2(C)C)cc1OC. The van der Waals surface area contributed by atoms with Crippen molar-refractivity contribution in [1.29, 1.82) is 0 Å². The van der Waals surface area contributed by atoms with Gasteiger partial charge in [0, 0.05) is 5.92 Å². The Labute approximate surface area is 124 Å². The van der Waals surface area contributed by atoms with E-state index in [4.69, 9.17) is 19.7 Å². The molecule has 1 heterocycles. The molecule has 3 rings (SSSR count).